The van der Waals surface area contributed by atoms with Gasteiger partial charge < -0.3 is 4.74 Å². The van der Waals surface area contributed by atoms with Gasteiger partial charge in [0.15, 0.2) is 15.5 Å². The van der Waals surface area contributed by atoms with Gasteiger partial charge in [-0.3, -0.25) is 4.98 Å². The van der Waals surface area contributed by atoms with Gasteiger partial charge in [0.2, 0.25) is 0 Å². The number of hydrogen-bond donors (Lipinski definition) is 0. The molecule has 1 aromatic carbocycles. The second-order valence-electron chi connectivity index (χ2n) is 5.05. The van der Waals surface area contributed by atoms with E-state index in [-0.39, 0.29) is 11.4 Å². The van der Waals surface area contributed by atoms with Crippen molar-refractivity contribution < 1.29 is 17.9 Å². The average molecular weight is 352 g/mol. The predicted molar refractivity (Wildman–Crippen MR) is 92.1 cm³/mol. The van der Waals surface area contributed by atoms with Crippen LogP contribution in [-0.4, -0.2) is 36.2 Å². The maximum absolute atomic E-state index is 12.3. The zero-order chi connectivity index (χ0) is 17.7. The fourth-order valence-corrected chi connectivity index (χ4v) is 2.65. The van der Waals surface area contributed by atoms with Crippen molar-refractivity contribution in [1.82, 2.24) is 9.97 Å². The maximum atomic E-state index is 12.3. The molecule has 1 aromatic heterocycles. The summed E-state index contributed by atoms with van der Waals surface area (Å²) in [5.41, 5.74) is 3.81. The Morgan fingerprint density at radius 2 is 2.04 bits per heavy atom. The van der Waals surface area contributed by atoms with Gasteiger partial charge in [0, 0.05) is 6.08 Å². The van der Waals surface area contributed by atoms with E-state index in [9.17, 15) is 13.2 Å². The molecule has 0 spiro atoms. The van der Waals surface area contributed by atoms with E-state index >= 15 is 0 Å². The van der Waals surface area contributed by atoms with E-state index in [1.807, 2.05) is 6.07 Å². The number of benzene rings is 1. The minimum Gasteiger partial charge on any atom is -0.448 e. The number of ether oxygens (including phenoxy) is 1. The lowest BCUT2D eigenvalue weighted by atomic mass is 10.3. The molecule has 2 aromatic rings. The van der Waals surface area contributed by atoms with Crippen molar-refractivity contribution in [3.05, 3.63) is 65.5 Å². The van der Waals surface area contributed by atoms with Gasteiger partial charge >= 0.3 is 5.97 Å². The number of esters is 1. The van der Waals surface area contributed by atoms with E-state index in [2.05, 4.69) is 27.5 Å². The van der Waals surface area contributed by atoms with Gasteiger partial charge in [-0.15, -0.1) is 5.73 Å². The van der Waals surface area contributed by atoms with Gasteiger partial charge in [-0.2, -0.15) is 0 Å². The SMILES string of the molecule is O=C(OC1C=C=CS(=O)(=O)CC#C/C=C/1)c1cnc2ccccc2n1. The van der Waals surface area contributed by atoms with Gasteiger partial charge in [0.05, 0.1) is 22.6 Å². The summed E-state index contributed by atoms with van der Waals surface area (Å²) in [6.45, 7) is 0. The monoisotopic (exact) mass is 352 g/mol. The Hall–Kier alpha value is -3.20. The highest BCUT2D eigenvalue weighted by atomic mass is 32.2. The van der Waals surface area contributed by atoms with Crippen LogP contribution in [-0.2, 0) is 14.6 Å². The van der Waals surface area contributed by atoms with Gasteiger partial charge in [0.25, 0.3) is 0 Å². The molecule has 0 aliphatic carbocycles. The first-order valence-electron chi connectivity index (χ1n) is 7.27. The Labute approximate surface area is 144 Å². The number of carbonyl (C=O) groups excluding carboxylic acids is 1. The van der Waals surface area contributed by atoms with Crippen LogP contribution in [0.3, 0.4) is 0 Å². The number of hydrogen-bond acceptors (Lipinski definition) is 6. The molecular formula is C18H12N2O4S. The van der Waals surface area contributed by atoms with Crippen molar-refractivity contribution in [2.24, 2.45) is 0 Å². The fraction of sp³-hybridized carbons (Fsp3) is 0.111. The summed E-state index contributed by atoms with van der Waals surface area (Å²) in [4.78, 5) is 20.6. The molecule has 0 fully saturated rings. The lowest BCUT2D eigenvalue weighted by Crippen LogP contribution is -2.15. The third kappa shape index (κ3) is 4.42. The molecule has 0 saturated heterocycles. The second kappa shape index (κ2) is 7.14. The van der Waals surface area contributed by atoms with E-state index in [0.29, 0.717) is 11.0 Å². The number of sulfone groups is 1. The van der Waals surface area contributed by atoms with E-state index in [1.54, 1.807) is 18.2 Å². The molecule has 1 aliphatic rings. The minimum atomic E-state index is -3.45. The molecule has 0 saturated carbocycles. The van der Waals surface area contributed by atoms with Crippen molar-refractivity contribution in [2.45, 2.75) is 6.10 Å². The first-order chi connectivity index (χ1) is 12.0. The standard InChI is InChI=1S/C18H12N2O4S/c21-18(17-13-19-15-9-3-4-10-16(15)20-17)24-14-7-2-1-5-11-25(22,23)12-6-8-14/h2-4,7-10,12-14H,11H2/b7-2+. The Balaban J connectivity index is 1.84. The molecule has 0 radical (unpaired) electrons. The predicted octanol–water partition coefficient (Wildman–Crippen LogP) is 1.81. The van der Waals surface area contributed by atoms with Crippen LogP contribution in [0, 0.1) is 11.8 Å². The van der Waals surface area contributed by atoms with Gasteiger partial charge in [-0.25, -0.2) is 18.2 Å². The van der Waals surface area contributed by atoms with Crippen molar-refractivity contribution >= 4 is 26.8 Å². The molecule has 0 bridgehead atoms. The van der Waals surface area contributed by atoms with Crippen LogP contribution in [0.2, 0.25) is 0 Å². The topological polar surface area (TPSA) is 86.2 Å². The number of aromatic nitrogens is 2. The highest BCUT2D eigenvalue weighted by molar-refractivity contribution is 7.94. The first-order valence-corrected chi connectivity index (χ1v) is 8.98. The summed E-state index contributed by atoms with van der Waals surface area (Å²) in [7, 11) is -3.45. The van der Waals surface area contributed by atoms with Crippen molar-refractivity contribution in [3.63, 3.8) is 0 Å². The first kappa shape index (κ1) is 16.7. The highest BCUT2D eigenvalue weighted by Crippen LogP contribution is 2.10. The van der Waals surface area contributed by atoms with Crippen LogP contribution in [0.25, 0.3) is 11.0 Å². The van der Waals surface area contributed by atoms with Crippen LogP contribution >= 0.6 is 0 Å². The van der Waals surface area contributed by atoms with Crippen LogP contribution in [0.4, 0.5) is 0 Å². The molecule has 0 N–H and O–H groups in total. The fourth-order valence-electron chi connectivity index (χ4n) is 1.99. The molecule has 2 heterocycles. The molecule has 1 unspecified atom stereocenters. The molecule has 1 aliphatic heterocycles. The molecule has 25 heavy (non-hydrogen) atoms. The summed E-state index contributed by atoms with van der Waals surface area (Å²) < 4.78 is 28.4. The highest BCUT2D eigenvalue weighted by Gasteiger charge is 2.14. The van der Waals surface area contributed by atoms with E-state index in [4.69, 9.17) is 4.74 Å². The van der Waals surface area contributed by atoms with Crippen LogP contribution < -0.4 is 0 Å². The summed E-state index contributed by atoms with van der Waals surface area (Å²) in [6.07, 6.45) is 4.80. The Morgan fingerprint density at radius 3 is 2.88 bits per heavy atom. The largest absolute Gasteiger partial charge is 0.448 e. The van der Waals surface area contributed by atoms with E-state index in [0.717, 1.165) is 5.41 Å². The zero-order valence-electron chi connectivity index (χ0n) is 12.9. The minimum absolute atomic E-state index is 0.0558. The van der Waals surface area contributed by atoms with E-state index < -0.39 is 21.9 Å². The Kier molecular flexibility index (Phi) is 4.75. The van der Waals surface area contributed by atoms with Gasteiger partial charge in [-0.1, -0.05) is 24.0 Å². The third-order valence-corrected chi connectivity index (χ3v) is 4.20. The van der Waals surface area contributed by atoms with Crippen LogP contribution in [0.5, 0.6) is 0 Å². The van der Waals surface area contributed by atoms with Crippen molar-refractivity contribution in [2.75, 3.05) is 5.75 Å². The normalized spacial score (nSPS) is 19.6. The molecule has 1 atom stereocenters. The summed E-state index contributed by atoms with van der Waals surface area (Å²) in [6, 6.07) is 7.15. The number of nitrogens with zero attached hydrogens (tertiary/aromatic N) is 2. The molecular weight excluding hydrogens is 340 g/mol. The number of carbonyl (C=O) groups is 1. The van der Waals surface area contributed by atoms with Crippen LogP contribution in [0.15, 0.2) is 59.8 Å². The number of allylic oxidation sites excluding steroid dienone is 1. The summed E-state index contributed by atoms with van der Waals surface area (Å²) in [5, 5.41) is 0.914. The summed E-state index contributed by atoms with van der Waals surface area (Å²) in [5.74, 6) is 4.12. The van der Waals surface area contributed by atoms with E-state index in [1.165, 1.54) is 24.4 Å². The second-order valence-corrected chi connectivity index (χ2v) is 6.90. The van der Waals surface area contributed by atoms with Crippen LogP contribution in [0.1, 0.15) is 10.5 Å². The average Bonchev–Trinajstić information content (AvgIpc) is 2.60. The Bertz CT molecular complexity index is 1080. The zero-order valence-corrected chi connectivity index (χ0v) is 13.7. The molecule has 124 valence electrons. The summed E-state index contributed by atoms with van der Waals surface area (Å²) >= 11 is 0. The third-order valence-electron chi connectivity index (χ3n) is 3.15. The lowest BCUT2D eigenvalue weighted by molar-refractivity contribution is 0.0456. The van der Waals surface area contributed by atoms with Crippen molar-refractivity contribution in [1.29, 1.82) is 0 Å². The number of rotatable bonds is 2. The number of fused-ring (bicyclic) bond motifs is 1. The Morgan fingerprint density at radius 1 is 1.24 bits per heavy atom. The van der Waals surface area contributed by atoms with Gasteiger partial charge in [-0.05, 0) is 24.3 Å². The molecule has 3 rings (SSSR count). The van der Waals surface area contributed by atoms with Crippen molar-refractivity contribution in [3.8, 4) is 11.8 Å². The lowest BCUT2D eigenvalue weighted by Gasteiger charge is -2.09. The maximum Gasteiger partial charge on any atom is 0.359 e. The van der Waals surface area contributed by atoms with Gasteiger partial charge in [0.1, 0.15) is 11.9 Å². The smallest absolute Gasteiger partial charge is 0.359 e. The molecule has 6 nitrogen and oxygen atoms in total. The quantitative estimate of drug-likeness (QED) is 0.465. The molecule has 7 heteroatoms. The molecule has 0 amide bonds. The number of para-hydroxylation sites is 2.